The van der Waals surface area contributed by atoms with Crippen molar-refractivity contribution in [1.82, 2.24) is 15.2 Å². The molecule has 2 aromatic rings. The molecule has 0 aliphatic carbocycles. The Hall–Kier alpha value is -1.26. The molecule has 0 aromatic carbocycles. The quantitative estimate of drug-likeness (QED) is 0.775. The van der Waals surface area contributed by atoms with Crippen molar-refractivity contribution in [1.29, 1.82) is 0 Å². The topological polar surface area (TPSA) is 41.6 Å². The first kappa shape index (κ1) is 10.3. The summed E-state index contributed by atoms with van der Waals surface area (Å²) < 4.78 is 0.562. The zero-order valence-corrected chi connectivity index (χ0v) is 9.56. The zero-order valence-electron chi connectivity index (χ0n) is 7.99. The van der Waals surface area contributed by atoms with Crippen molar-refractivity contribution in [3.63, 3.8) is 0 Å². The van der Waals surface area contributed by atoms with Crippen molar-refractivity contribution in [2.45, 2.75) is 6.92 Å². The minimum atomic E-state index is 0.389. The lowest BCUT2D eigenvalue weighted by atomic mass is 10.1. The van der Waals surface area contributed by atoms with E-state index in [4.69, 9.17) is 23.8 Å². The Balaban J connectivity index is 2.63. The van der Waals surface area contributed by atoms with Gasteiger partial charge >= 0.3 is 0 Å². The highest BCUT2D eigenvalue weighted by Crippen LogP contribution is 2.21. The second-order valence-electron chi connectivity index (χ2n) is 3.18. The maximum atomic E-state index is 5.80. The predicted octanol–water partition coefficient (Wildman–Crippen LogP) is 3.16. The molecule has 0 radical (unpaired) electrons. The first-order valence-electron chi connectivity index (χ1n) is 4.34. The molecule has 3 nitrogen and oxygen atoms in total. The standard InChI is InChI=1S/C10H8ClN3S/c1-6-2-7(5-12-4-6)8-3-9(11)13-14-10(8)15/h2-5H,1H3,(H,14,15). The van der Waals surface area contributed by atoms with Gasteiger partial charge in [-0.2, -0.15) is 5.10 Å². The van der Waals surface area contributed by atoms with Crippen LogP contribution in [0.3, 0.4) is 0 Å². The van der Waals surface area contributed by atoms with Gasteiger partial charge in [0.25, 0.3) is 0 Å². The maximum absolute atomic E-state index is 5.80. The van der Waals surface area contributed by atoms with Crippen LogP contribution in [0.15, 0.2) is 24.5 Å². The third-order valence-electron chi connectivity index (χ3n) is 1.96. The van der Waals surface area contributed by atoms with Crippen molar-refractivity contribution >= 4 is 23.8 Å². The van der Waals surface area contributed by atoms with Crippen LogP contribution in [0, 0.1) is 11.6 Å². The summed E-state index contributed by atoms with van der Waals surface area (Å²) in [7, 11) is 0. The molecule has 0 amide bonds. The fraction of sp³-hybridized carbons (Fsp3) is 0.100. The Bertz CT molecular complexity index is 550. The Labute approximate surface area is 97.1 Å². The molecule has 5 heteroatoms. The van der Waals surface area contributed by atoms with Crippen LogP contribution >= 0.6 is 23.8 Å². The third-order valence-corrected chi connectivity index (χ3v) is 2.46. The normalized spacial score (nSPS) is 10.3. The molecule has 0 saturated heterocycles. The number of halogens is 1. The largest absolute Gasteiger partial charge is 0.266 e. The van der Waals surface area contributed by atoms with Gasteiger partial charge in [0.2, 0.25) is 0 Å². The molecular weight excluding hydrogens is 230 g/mol. The second kappa shape index (κ2) is 4.08. The van der Waals surface area contributed by atoms with Crippen molar-refractivity contribution in [3.05, 3.63) is 39.9 Å². The molecule has 0 saturated carbocycles. The fourth-order valence-electron chi connectivity index (χ4n) is 1.30. The molecule has 1 N–H and O–H groups in total. The lowest BCUT2D eigenvalue weighted by Crippen LogP contribution is -1.89. The van der Waals surface area contributed by atoms with Crippen molar-refractivity contribution in [3.8, 4) is 11.1 Å². The minimum absolute atomic E-state index is 0.389. The molecule has 2 heterocycles. The zero-order chi connectivity index (χ0) is 10.8. The van der Waals surface area contributed by atoms with Gasteiger partial charge in [-0.15, -0.1) is 0 Å². The number of aromatic amines is 1. The monoisotopic (exact) mass is 237 g/mol. The smallest absolute Gasteiger partial charge is 0.150 e. The van der Waals surface area contributed by atoms with E-state index in [9.17, 15) is 0 Å². The van der Waals surface area contributed by atoms with Crippen LogP contribution < -0.4 is 0 Å². The molecular formula is C10H8ClN3S. The lowest BCUT2D eigenvalue weighted by Gasteiger charge is -2.02. The molecule has 0 unspecified atom stereocenters. The van der Waals surface area contributed by atoms with E-state index in [1.807, 2.05) is 13.0 Å². The molecule has 0 spiro atoms. The summed E-state index contributed by atoms with van der Waals surface area (Å²) in [6.07, 6.45) is 3.54. The number of aromatic nitrogens is 3. The van der Waals surface area contributed by atoms with Gasteiger partial charge in [-0.05, 0) is 24.6 Å². The van der Waals surface area contributed by atoms with Gasteiger partial charge < -0.3 is 0 Å². The highest BCUT2D eigenvalue weighted by molar-refractivity contribution is 7.71. The van der Waals surface area contributed by atoms with E-state index >= 15 is 0 Å². The number of nitrogens with zero attached hydrogens (tertiary/aromatic N) is 2. The molecule has 0 fully saturated rings. The van der Waals surface area contributed by atoms with Gasteiger partial charge in [-0.25, -0.2) is 0 Å². The number of nitrogens with one attached hydrogen (secondary N) is 1. The Kier molecular flexibility index (Phi) is 2.79. The summed E-state index contributed by atoms with van der Waals surface area (Å²) in [5.74, 6) is 0. The molecule has 2 aromatic heterocycles. The summed E-state index contributed by atoms with van der Waals surface area (Å²) in [4.78, 5) is 4.11. The van der Waals surface area contributed by atoms with Gasteiger partial charge in [0.15, 0.2) is 0 Å². The predicted molar refractivity (Wildman–Crippen MR) is 62.4 cm³/mol. The van der Waals surface area contributed by atoms with E-state index in [0.717, 1.165) is 16.7 Å². The summed E-state index contributed by atoms with van der Waals surface area (Å²) >= 11 is 10.9. The number of H-pyrrole nitrogens is 1. The molecule has 0 bridgehead atoms. The van der Waals surface area contributed by atoms with Gasteiger partial charge in [0.05, 0.1) is 0 Å². The SMILES string of the molecule is Cc1cncc(-c2cc(Cl)n[nH]c2=S)c1. The van der Waals surface area contributed by atoms with Gasteiger partial charge in [-0.1, -0.05) is 23.8 Å². The summed E-state index contributed by atoms with van der Waals surface area (Å²) in [5, 5.41) is 6.88. The number of aryl methyl sites for hydroxylation is 1. The summed E-state index contributed by atoms with van der Waals surface area (Å²) in [6, 6.07) is 3.74. The average Bonchev–Trinajstić information content (AvgIpc) is 2.22. The van der Waals surface area contributed by atoms with E-state index in [2.05, 4.69) is 15.2 Å². The van der Waals surface area contributed by atoms with Crippen LogP contribution in [0.25, 0.3) is 11.1 Å². The maximum Gasteiger partial charge on any atom is 0.150 e. The molecule has 0 aliphatic rings. The van der Waals surface area contributed by atoms with E-state index in [-0.39, 0.29) is 0 Å². The summed E-state index contributed by atoms with van der Waals surface area (Å²) in [6.45, 7) is 1.98. The first-order valence-corrected chi connectivity index (χ1v) is 5.12. The number of hydrogen-bond acceptors (Lipinski definition) is 3. The number of pyridine rings is 1. The van der Waals surface area contributed by atoms with Crippen LogP contribution in [0.2, 0.25) is 5.15 Å². The van der Waals surface area contributed by atoms with Crippen LogP contribution in [0.5, 0.6) is 0 Å². The van der Waals surface area contributed by atoms with Crippen molar-refractivity contribution in [2.75, 3.05) is 0 Å². The van der Waals surface area contributed by atoms with Crippen LogP contribution in [-0.2, 0) is 0 Å². The van der Waals surface area contributed by atoms with E-state index in [1.54, 1.807) is 18.5 Å². The van der Waals surface area contributed by atoms with E-state index < -0.39 is 0 Å². The minimum Gasteiger partial charge on any atom is -0.266 e. The van der Waals surface area contributed by atoms with Gasteiger partial charge in [0.1, 0.15) is 9.79 Å². The Morgan fingerprint density at radius 2 is 2.13 bits per heavy atom. The highest BCUT2D eigenvalue weighted by atomic mass is 35.5. The molecule has 76 valence electrons. The van der Waals surface area contributed by atoms with Crippen molar-refractivity contribution in [2.24, 2.45) is 0 Å². The second-order valence-corrected chi connectivity index (χ2v) is 3.98. The van der Waals surface area contributed by atoms with E-state index in [1.165, 1.54) is 0 Å². The van der Waals surface area contributed by atoms with Crippen LogP contribution in [0.1, 0.15) is 5.56 Å². The third kappa shape index (κ3) is 2.22. The van der Waals surface area contributed by atoms with Gasteiger partial charge in [0, 0.05) is 23.5 Å². The average molecular weight is 238 g/mol. The molecule has 2 rings (SSSR count). The van der Waals surface area contributed by atoms with E-state index in [0.29, 0.717) is 9.79 Å². The van der Waals surface area contributed by atoms with Crippen LogP contribution in [0.4, 0.5) is 0 Å². The Morgan fingerprint density at radius 3 is 2.87 bits per heavy atom. The number of rotatable bonds is 1. The van der Waals surface area contributed by atoms with Gasteiger partial charge in [-0.3, -0.25) is 10.1 Å². The Morgan fingerprint density at radius 1 is 1.33 bits per heavy atom. The van der Waals surface area contributed by atoms with Crippen LogP contribution in [-0.4, -0.2) is 15.2 Å². The molecule has 0 atom stereocenters. The van der Waals surface area contributed by atoms with Crippen molar-refractivity contribution < 1.29 is 0 Å². The highest BCUT2D eigenvalue weighted by Gasteiger charge is 2.02. The summed E-state index contributed by atoms with van der Waals surface area (Å²) in [5.41, 5.74) is 2.87. The number of hydrogen-bond donors (Lipinski definition) is 1. The molecule has 0 aliphatic heterocycles. The lowest BCUT2D eigenvalue weighted by molar-refractivity contribution is 1.02. The first-order chi connectivity index (χ1) is 7.16. The fourth-order valence-corrected chi connectivity index (χ4v) is 1.67. The molecule has 15 heavy (non-hydrogen) atoms.